The topological polar surface area (TPSA) is 47.6 Å². The standard InChI is InChI=1S/C5H8N2S/c1-5(8,4-7)2-3-6/h3,6,8H,2H2,1H3. The molecule has 0 saturated carbocycles. The van der Waals surface area contributed by atoms with Crippen molar-refractivity contribution in [1.29, 1.82) is 10.7 Å². The van der Waals surface area contributed by atoms with E-state index in [0.29, 0.717) is 6.42 Å². The smallest absolute Gasteiger partial charge is 0.102 e. The van der Waals surface area contributed by atoms with Crippen molar-refractivity contribution in [3.05, 3.63) is 0 Å². The quantitative estimate of drug-likeness (QED) is 0.426. The lowest BCUT2D eigenvalue weighted by molar-refractivity contribution is 0.862. The predicted octanol–water partition coefficient (Wildman–Crippen LogP) is 1.24. The molecule has 8 heavy (non-hydrogen) atoms. The zero-order valence-corrected chi connectivity index (χ0v) is 5.57. The molecule has 44 valence electrons. The van der Waals surface area contributed by atoms with Crippen molar-refractivity contribution in [2.24, 2.45) is 0 Å². The fourth-order valence-electron chi connectivity index (χ4n) is 0.244. The van der Waals surface area contributed by atoms with E-state index < -0.39 is 4.75 Å². The monoisotopic (exact) mass is 128 g/mol. The van der Waals surface area contributed by atoms with E-state index in [2.05, 4.69) is 12.6 Å². The highest BCUT2D eigenvalue weighted by atomic mass is 32.1. The van der Waals surface area contributed by atoms with Crippen LogP contribution < -0.4 is 0 Å². The second kappa shape index (κ2) is 2.73. The van der Waals surface area contributed by atoms with Gasteiger partial charge in [-0.05, 0) is 13.1 Å². The van der Waals surface area contributed by atoms with Gasteiger partial charge in [0.15, 0.2) is 0 Å². The van der Waals surface area contributed by atoms with Crippen LogP contribution in [0.2, 0.25) is 0 Å². The third-order valence-electron chi connectivity index (χ3n) is 0.740. The lowest BCUT2D eigenvalue weighted by Crippen LogP contribution is -2.12. The summed E-state index contributed by atoms with van der Waals surface area (Å²) < 4.78 is -0.651. The molecule has 0 aromatic rings. The minimum atomic E-state index is -0.651. The molecular formula is C5H8N2S. The Bertz CT molecular complexity index is 123. The highest BCUT2D eigenvalue weighted by Crippen LogP contribution is 2.14. The summed E-state index contributed by atoms with van der Waals surface area (Å²) in [6, 6.07) is 1.96. The summed E-state index contributed by atoms with van der Waals surface area (Å²) in [5, 5.41) is 14.9. The Hall–Kier alpha value is -0.490. The lowest BCUT2D eigenvalue weighted by atomic mass is 10.1. The van der Waals surface area contributed by atoms with Crippen molar-refractivity contribution in [3.8, 4) is 6.07 Å². The van der Waals surface area contributed by atoms with Crippen molar-refractivity contribution in [3.63, 3.8) is 0 Å². The van der Waals surface area contributed by atoms with E-state index in [1.807, 2.05) is 6.07 Å². The SMILES string of the molecule is CC(S)(C#N)CC=N. The van der Waals surface area contributed by atoms with E-state index in [9.17, 15) is 0 Å². The largest absolute Gasteiger partial charge is 0.313 e. The van der Waals surface area contributed by atoms with Crippen molar-refractivity contribution in [2.45, 2.75) is 18.1 Å². The Morgan fingerprint density at radius 1 is 2.00 bits per heavy atom. The molecule has 0 radical (unpaired) electrons. The number of hydrogen-bond donors (Lipinski definition) is 2. The van der Waals surface area contributed by atoms with Crippen LogP contribution in [0, 0.1) is 16.7 Å². The van der Waals surface area contributed by atoms with Crippen LogP contribution in [0.4, 0.5) is 0 Å². The second-order valence-corrected chi connectivity index (χ2v) is 2.78. The molecule has 0 aromatic carbocycles. The van der Waals surface area contributed by atoms with Gasteiger partial charge in [0.25, 0.3) is 0 Å². The molecule has 0 aliphatic heterocycles. The van der Waals surface area contributed by atoms with E-state index in [0.717, 1.165) is 0 Å². The maximum absolute atomic E-state index is 8.30. The minimum absolute atomic E-state index is 0.409. The first-order valence-electron chi connectivity index (χ1n) is 2.25. The molecule has 0 aliphatic carbocycles. The first-order chi connectivity index (χ1) is 3.62. The summed E-state index contributed by atoms with van der Waals surface area (Å²) in [5.74, 6) is 0. The van der Waals surface area contributed by atoms with Gasteiger partial charge in [0.1, 0.15) is 4.75 Å². The third-order valence-corrected chi connectivity index (χ3v) is 1.02. The molecule has 3 heteroatoms. The molecule has 0 bridgehead atoms. The summed E-state index contributed by atoms with van der Waals surface area (Å²) in [4.78, 5) is 0. The van der Waals surface area contributed by atoms with Crippen molar-refractivity contribution < 1.29 is 0 Å². The van der Waals surface area contributed by atoms with Crippen molar-refractivity contribution in [2.75, 3.05) is 0 Å². The fraction of sp³-hybridized carbons (Fsp3) is 0.600. The normalized spacial score (nSPS) is 16.1. The van der Waals surface area contributed by atoms with Crippen molar-refractivity contribution >= 4 is 18.8 Å². The van der Waals surface area contributed by atoms with Gasteiger partial charge in [-0.15, -0.1) is 0 Å². The Balaban J connectivity index is 3.76. The van der Waals surface area contributed by atoms with Gasteiger partial charge in [-0.3, -0.25) is 0 Å². The number of thiol groups is 1. The fourth-order valence-corrected chi connectivity index (χ4v) is 0.336. The van der Waals surface area contributed by atoms with Gasteiger partial charge < -0.3 is 5.41 Å². The molecular weight excluding hydrogens is 120 g/mol. The second-order valence-electron chi connectivity index (χ2n) is 1.79. The first kappa shape index (κ1) is 7.51. The zero-order chi connectivity index (χ0) is 6.62. The van der Waals surface area contributed by atoms with Crippen LogP contribution in [0.15, 0.2) is 0 Å². The van der Waals surface area contributed by atoms with E-state index >= 15 is 0 Å². The molecule has 0 spiro atoms. The average Bonchev–Trinajstić information content (AvgIpc) is 1.67. The summed E-state index contributed by atoms with van der Waals surface area (Å²) in [6.45, 7) is 1.68. The molecule has 2 nitrogen and oxygen atoms in total. The summed E-state index contributed by atoms with van der Waals surface area (Å²) >= 11 is 3.95. The summed E-state index contributed by atoms with van der Waals surface area (Å²) in [5.41, 5.74) is 0. The van der Waals surface area contributed by atoms with Crippen LogP contribution in [0.25, 0.3) is 0 Å². The van der Waals surface area contributed by atoms with Crippen LogP contribution in [-0.4, -0.2) is 11.0 Å². The van der Waals surface area contributed by atoms with Crippen LogP contribution in [0.1, 0.15) is 13.3 Å². The summed E-state index contributed by atoms with van der Waals surface area (Å²) in [7, 11) is 0. The lowest BCUT2D eigenvalue weighted by Gasteiger charge is -2.07. The molecule has 0 aliphatic rings. The first-order valence-corrected chi connectivity index (χ1v) is 2.69. The Morgan fingerprint density at radius 2 is 2.50 bits per heavy atom. The molecule has 0 saturated heterocycles. The van der Waals surface area contributed by atoms with Gasteiger partial charge in [-0.25, -0.2) is 0 Å². The molecule has 0 rings (SSSR count). The maximum atomic E-state index is 8.30. The zero-order valence-electron chi connectivity index (χ0n) is 4.68. The van der Waals surface area contributed by atoms with Gasteiger partial charge in [0.05, 0.1) is 6.07 Å². The van der Waals surface area contributed by atoms with Crippen LogP contribution in [-0.2, 0) is 0 Å². The number of nitrogens with zero attached hydrogens (tertiary/aromatic N) is 1. The van der Waals surface area contributed by atoms with Crippen molar-refractivity contribution in [1.82, 2.24) is 0 Å². The van der Waals surface area contributed by atoms with E-state index in [-0.39, 0.29) is 0 Å². The highest BCUT2D eigenvalue weighted by Gasteiger charge is 2.14. The number of nitrogens with one attached hydrogen (secondary N) is 1. The molecule has 0 fully saturated rings. The maximum Gasteiger partial charge on any atom is 0.102 e. The van der Waals surface area contributed by atoms with Gasteiger partial charge in [0.2, 0.25) is 0 Å². The average molecular weight is 128 g/mol. The number of nitriles is 1. The number of rotatable bonds is 2. The van der Waals surface area contributed by atoms with Gasteiger partial charge in [-0.2, -0.15) is 17.9 Å². The van der Waals surface area contributed by atoms with E-state index in [4.69, 9.17) is 10.7 Å². The number of hydrogen-bond acceptors (Lipinski definition) is 3. The van der Waals surface area contributed by atoms with Crippen LogP contribution >= 0.6 is 12.6 Å². The van der Waals surface area contributed by atoms with E-state index in [1.54, 1.807) is 6.92 Å². The predicted molar refractivity (Wildman–Crippen MR) is 36.4 cm³/mol. The molecule has 0 amide bonds. The third kappa shape index (κ3) is 2.64. The highest BCUT2D eigenvalue weighted by molar-refractivity contribution is 7.82. The molecule has 0 aromatic heterocycles. The van der Waals surface area contributed by atoms with Gasteiger partial charge >= 0.3 is 0 Å². The molecule has 1 N–H and O–H groups in total. The van der Waals surface area contributed by atoms with Crippen LogP contribution in [0.3, 0.4) is 0 Å². The van der Waals surface area contributed by atoms with Gasteiger partial charge in [-0.1, -0.05) is 0 Å². The van der Waals surface area contributed by atoms with E-state index in [1.165, 1.54) is 6.21 Å². The minimum Gasteiger partial charge on any atom is -0.313 e. The van der Waals surface area contributed by atoms with Crippen LogP contribution in [0.5, 0.6) is 0 Å². The Labute approximate surface area is 54.4 Å². The van der Waals surface area contributed by atoms with Gasteiger partial charge in [0, 0.05) is 6.42 Å². The Morgan fingerprint density at radius 3 is 2.62 bits per heavy atom. The molecule has 0 heterocycles. The Kier molecular flexibility index (Phi) is 2.56. The molecule has 1 atom stereocenters. The summed E-state index contributed by atoms with van der Waals surface area (Å²) in [6.07, 6.45) is 1.60. The molecule has 1 unspecified atom stereocenters.